The highest BCUT2D eigenvalue weighted by molar-refractivity contribution is 5.87. The molecule has 0 amide bonds. The zero-order chi connectivity index (χ0) is 17.8. The van der Waals surface area contributed by atoms with Crippen LogP contribution in [0.25, 0.3) is 0 Å². The average molecular weight is 347 g/mol. The molecule has 0 N–H and O–H groups in total. The third kappa shape index (κ3) is 2.59. The SMILES string of the molecule is CCC(=O)O[C@@H]1CC[C@@]2(C)[C@@H](CC[C@H]3[C@H]2CC[C@]2(C)C(=O)CC[C@@H]32)C1. The van der Waals surface area contributed by atoms with Crippen LogP contribution in [0.5, 0.6) is 0 Å². The molecule has 3 nitrogen and oxygen atoms in total. The summed E-state index contributed by atoms with van der Waals surface area (Å²) >= 11 is 0. The van der Waals surface area contributed by atoms with Gasteiger partial charge in [-0.1, -0.05) is 20.8 Å². The van der Waals surface area contributed by atoms with E-state index in [9.17, 15) is 9.59 Å². The first-order valence-corrected chi connectivity index (χ1v) is 10.6. The molecule has 0 spiro atoms. The van der Waals surface area contributed by atoms with Crippen LogP contribution >= 0.6 is 0 Å². The van der Waals surface area contributed by atoms with Gasteiger partial charge >= 0.3 is 5.97 Å². The lowest BCUT2D eigenvalue weighted by molar-refractivity contribution is -0.161. The lowest BCUT2D eigenvalue weighted by atomic mass is 9.45. The molecular formula is C22H34O3. The van der Waals surface area contributed by atoms with Crippen LogP contribution in [0.2, 0.25) is 0 Å². The fourth-order valence-corrected chi connectivity index (χ4v) is 7.37. The lowest BCUT2D eigenvalue weighted by Crippen LogP contribution is -2.54. The number of fused-ring (bicyclic) bond motifs is 5. The number of carbonyl (C=O) groups excluding carboxylic acids is 2. The summed E-state index contributed by atoms with van der Waals surface area (Å²) < 4.78 is 5.69. The van der Waals surface area contributed by atoms with Crippen LogP contribution in [-0.4, -0.2) is 17.9 Å². The molecule has 3 heteroatoms. The number of esters is 1. The summed E-state index contributed by atoms with van der Waals surface area (Å²) in [4.78, 5) is 24.2. The van der Waals surface area contributed by atoms with Gasteiger partial charge in [-0.15, -0.1) is 0 Å². The molecule has 0 unspecified atom stereocenters. The van der Waals surface area contributed by atoms with E-state index in [2.05, 4.69) is 13.8 Å². The van der Waals surface area contributed by atoms with Crippen molar-refractivity contribution in [1.29, 1.82) is 0 Å². The van der Waals surface area contributed by atoms with Gasteiger partial charge in [0.05, 0.1) is 0 Å². The van der Waals surface area contributed by atoms with Gasteiger partial charge in [0.1, 0.15) is 11.9 Å². The summed E-state index contributed by atoms with van der Waals surface area (Å²) in [6, 6.07) is 0. The molecule has 0 saturated heterocycles. The summed E-state index contributed by atoms with van der Waals surface area (Å²) in [5, 5.41) is 0. The second kappa shape index (κ2) is 6.09. The first-order chi connectivity index (χ1) is 11.9. The normalized spacial score (nSPS) is 49.1. The second-order valence-corrected chi connectivity index (χ2v) is 9.81. The number of ether oxygens (including phenoxy) is 1. The van der Waals surface area contributed by atoms with Gasteiger partial charge in [0.15, 0.2) is 0 Å². The molecule has 0 aliphatic heterocycles. The summed E-state index contributed by atoms with van der Waals surface area (Å²) in [6.07, 6.45) is 10.7. The van der Waals surface area contributed by atoms with Gasteiger partial charge < -0.3 is 4.74 Å². The highest BCUT2D eigenvalue weighted by atomic mass is 16.5. The fourth-order valence-electron chi connectivity index (χ4n) is 7.37. The standard InChI is InChI=1S/C22H34O3/c1-4-20(24)25-15-9-11-21(2)14(13-15)5-6-16-17-7-8-19(23)22(17,3)12-10-18(16)21/h14-18H,4-13H2,1-3H3/t14-,15+,16+,17-,18+,21-,22-/m0/s1. The largest absolute Gasteiger partial charge is 0.462 e. The minimum Gasteiger partial charge on any atom is -0.462 e. The zero-order valence-corrected chi connectivity index (χ0v) is 16.2. The molecule has 0 aromatic carbocycles. The van der Waals surface area contributed by atoms with Gasteiger partial charge in [-0.25, -0.2) is 0 Å². The van der Waals surface area contributed by atoms with Crippen molar-refractivity contribution in [2.24, 2.45) is 34.5 Å². The molecule has 4 saturated carbocycles. The van der Waals surface area contributed by atoms with Gasteiger partial charge in [0.2, 0.25) is 0 Å². The quantitative estimate of drug-likeness (QED) is 0.667. The molecule has 0 aromatic heterocycles. The van der Waals surface area contributed by atoms with Crippen molar-refractivity contribution in [2.75, 3.05) is 0 Å². The lowest BCUT2D eigenvalue weighted by Gasteiger charge is -2.60. The monoisotopic (exact) mass is 346 g/mol. The molecule has 4 fully saturated rings. The van der Waals surface area contributed by atoms with E-state index in [0.29, 0.717) is 29.5 Å². The molecule has 4 aliphatic carbocycles. The molecule has 7 atom stereocenters. The fraction of sp³-hybridized carbons (Fsp3) is 0.909. The first kappa shape index (κ1) is 17.5. The molecule has 0 aromatic rings. The highest BCUT2D eigenvalue weighted by Gasteiger charge is 2.60. The van der Waals surface area contributed by atoms with Crippen LogP contribution in [0.15, 0.2) is 0 Å². The molecule has 0 radical (unpaired) electrons. The minimum absolute atomic E-state index is 0.0157. The number of Topliss-reactive ketones (excluding diaryl/α,β-unsaturated/α-hetero) is 1. The minimum atomic E-state index is -0.0415. The average Bonchev–Trinajstić information content (AvgIpc) is 2.90. The maximum atomic E-state index is 12.5. The molecule has 0 heterocycles. The van der Waals surface area contributed by atoms with Crippen molar-refractivity contribution >= 4 is 11.8 Å². The number of hydrogen-bond acceptors (Lipinski definition) is 3. The summed E-state index contributed by atoms with van der Waals surface area (Å²) in [5.41, 5.74) is 0.378. The number of carbonyl (C=O) groups is 2. The van der Waals surface area contributed by atoms with Crippen LogP contribution < -0.4 is 0 Å². The third-order valence-corrected chi connectivity index (χ3v) is 8.91. The Balaban J connectivity index is 1.51. The van der Waals surface area contributed by atoms with E-state index in [4.69, 9.17) is 4.74 Å². The van der Waals surface area contributed by atoms with Crippen LogP contribution in [0, 0.1) is 34.5 Å². The van der Waals surface area contributed by atoms with E-state index >= 15 is 0 Å². The predicted octanol–water partition coefficient (Wildman–Crippen LogP) is 4.92. The molecule has 140 valence electrons. The second-order valence-electron chi connectivity index (χ2n) is 9.81. The van der Waals surface area contributed by atoms with Crippen LogP contribution in [0.3, 0.4) is 0 Å². The Morgan fingerprint density at radius 3 is 2.64 bits per heavy atom. The van der Waals surface area contributed by atoms with Crippen molar-refractivity contribution in [2.45, 2.75) is 91.1 Å². The van der Waals surface area contributed by atoms with Gasteiger partial charge in [-0.05, 0) is 80.5 Å². The Bertz CT molecular complexity index is 570. The molecular weight excluding hydrogens is 312 g/mol. The number of ketones is 1. The van der Waals surface area contributed by atoms with Crippen molar-refractivity contribution < 1.29 is 14.3 Å². The summed E-state index contributed by atoms with van der Waals surface area (Å²) in [6.45, 7) is 6.66. The van der Waals surface area contributed by atoms with E-state index in [0.717, 1.165) is 43.9 Å². The van der Waals surface area contributed by atoms with Gasteiger partial charge in [-0.3, -0.25) is 9.59 Å². The third-order valence-electron chi connectivity index (χ3n) is 8.91. The van der Waals surface area contributed by atoms with E-state index in [1.807, 2.05) is 6.92 Å². The van der Waals surface area contributed by atoms with Gasteiger partial charge in [0, 0.05) is 18.3 Å². The molecule has 0 bridgehead atoms. The maximum Gasteiger partial charge on any atom is 0.305 e. The van der Waals surface area contributed by atoms with Crippen molar-refractivity contribution in [3.63, 3.8) is 0 Å². The van der Waals surface area contributed by atoms with Crippen molar-refractivity contribution in [3.05, 3.63) is 0 Å². The van der Waals surface area contributed by atoms with Gasteiger partial charge in [-0.2, -0.15) is 0 Å². The Morgan fingerprint density at radius 1 is 1.08 bits per heavy atom. The van der Waals surface area contributed by atoms with E-state index < -0.39 is 0 Å². The zero-order valence-electron chi connectivity index (χ0n) is 16.2. The summed E-state index contributed by atoms with van der Waals surface area (Å²) in [7, 11) is 0. The Labute approximate surface area is 152 Å². The number of hydrogen-bond donors (Lipinski definition) is 0. The van der Waals surface area contributed by atoms with Gasteiger partial charge in [0.25, 0.3) is 0 Å². The molecule has 4 rings (SSSR count). The van der Waals surface area contributed by atoms with E-state index in [-0.39, 0.29) is 17.5 Å². The van der Waals surface area contributed by atoms with E-state index in [1.54, 1.807) is 0 Å². The Hall–Kier alpha value is -0.860. The predicted molar refractivity (Wildman–Crippen MR) is 96.9 cm³/mol. The Morgan fingerprint density at radius 2 is 1.88 bits per heavy atom. The molecule has 25 heavy (non-hydrogen) atoms. The van der Waals surface area contributed by atoms with Crippen LogP contribution in [0.1, 0.15) is 85.0 Å². The molecule has 4 aliphatic rings. The maximum absolute atomic E-state index is 12.5. The summed E-state index contributed by atoms with van der Waals surface area (Å²) in [5.74, 6) is 3.35. The van der Waals surface area contributed by atoms with Crippen LogP contribution in [0.4, 0.5) is 0 Å². The first-order valence-electron chi connectivity index (χ1n) is 10.6. The topological polar surface area (TPSA) is 43.4 Å². The van der Waals surface area contributed by atoms with Crippen molar-refractivity contribution in [3.8, 4) is 0 Å². The van der Waals surface area contributed by atoms with Crippen molar-refractivity contribution in [1.82, 2.24) is 0 Å². The highest BCUT2D eigenvalue weighted by Crippen LogP contribution is 2.65. The van der Waals surface area contributed by atoms with Crippen LogP contribution in [-0.2, 0) is 14.3 Å². The smallest absolute Gasteiger partial charge is 0.305 e. The Kier molecular flexibility index (Phi) is 4.28. The van der Waals surface area contributed by atoms with E-state index in [1.165, 1.54) is 25.7 Å². The number of rotatable bonds is 2.